The van der Waals surface area contributed by atoms with Crippen LogP contribution in [-0.2, 0) is 0 Å². The van der Waals surface area contributed by atoms with Crippen LogP contribution >= 0.6 is 20.8 Å². The quantitative estimate of drug-likeness (QED) is 0.504. The number of rotatable bonds is 4. The van der Waals surface area contributed by atoms with Gasteiger partial charge in [-0.2, -0.15) is 0 Å². The Kier molecular flexibility index (Phi) is 3.86. The van der Waals surface area contributed by atoms with Crippen molar-refractivity contribution in [3.8, 4) is 0 Å². The molecule has 0 bridgehead atoms. The fourth-order valence-electron chi connectivity index (χ4n) is 0.896. The SMILES string of the molecule is CCCCCP(C)(C)(C)Br. The summed E-state index contributed by atoms with van der Waals surface area (Å²) < 4.78 is 0. The molecule has 0 aliphatic rings. The molecule has 0 nitrogen and oxygen atoms in total. The summed E-state index contributed by atoms with van der Waals surface area (Å²) in [7, 11) is 0. The molecule has 0 aromatic heterocycles. The van der Waals surface area contributed by atoms with E-state index in [1.165, 1.54) is 25.4 Å². The zero-order chi connectivity index (χ0) is 8.28. The van der Waals surface area contributed by atoms with Crippen LogP contribution in [0, 0.1) is 0 Å². The van der Waals surface area contributed by atoms with Gasteiger partial charge in [0.25, 0.3) is 0 Å². The standard InChI is InChI=1S/C8H20BrP/c1-5-6-7-8-10(2,3,4)9/h5-8H2,1-4H3. The van der Waals surface area contributed by atoms with Crippen LogP contribution in [0.3, 0.4) is 0 Å². The molecule has 0 aromatic rings. The maximum atomic E-state index is 3.84. The summed E-state index contributed by atoms with van der Waals surface area (Å²) in [6.07, 6.45) is 5.50. The molecular weight excluding hydrogens is 207 g/mol. The second-order valence-electron chi connectivity index (χ2n) is 4.35. The fourth-order valence-corrected chi connectivity index (χ4v) is 2.94. The van der Waals surface area contributed by atoms with E-state index in [-0.39, 0.29) is 0 Å². The Labute approximate surface area is 73.4 Å². The molecule has 0 aliphatic carbocycles. The average Bonchev–Trinajstić information content (AvgIpc) is 1.61. The van der Waals surface area contributed by atoms with Crippen LogP contribution in [0.5, 0.6) is 0 Å². The van der Waals surface area contributed by atoms with Crippen molar-refractivity contribution >= 4 is 20.8 Å². The van der Waals surface area contributed by atoms with Gasteiger partial charge >= 0.3 is 73.1 Å². The Morgan fingerprint density at radius 1 is 1.10 bits per heavy atom. The Bertz CT molecular complexity index is 92.3. The number of hydrogen-bond acceptors (Lipinski definition) is 0. The third-order valence-electron chi connectivity index (χ3n) is 1.52. The van der Waals surface area contributed by atoms with E-state index in [1.807, 2.05) is 0 Å². The topological polar surface area (TPSA) is 0 Å². The molecule has 0 saturated heterocycles. The first-order valence-electron chi connectivity index (χ1n) is 4.03. The van der Waals surface area contributed by atoms with Crippen molar-refractivity contribution in [2.45, 2.75) is 26.2 Å². The van der Waals surface area contributed by atoms with Crippen LogP contribution in [0.15, 0.2) is 0 Å². The second-order valence-corrected chi connectivity index (χ2v) is 18.5. The van der Waals surface area contributed by atoms with Crippen molar-refractivity contribution in [1.82, 2.24) is 0 Å². The Morgan fingerprint density at radius 2 is 1.60 bits per heavy atom. The number of unbranched alkanes of at least 4 members (excludes halogenated alkanes) is 2. The summed E-state index contributed by atoms with van der Waals surface area (Å²) in [5, 5.41) is -1.33. The maximum absolute atomic E-state index is 3.84. The predicted molar refractivity (Wildman–Crippen MR) is 58.0 cm³/mol. The molecule has 0 amide bonds. The van der Waals surface area contributed by atoms with E-state index < -0.39 is 5.31 Å². The van der Waals surface area contributed by atoms with Gasteiger partial charge in [0.1, 0.15) is 0 Å². The van der Waals surface area contributed by atoms with E-state index in [9.17, 15) is 0 Å². The molecule has 0 unspecified atom stereocenters. The van der Waals surface area contributed by atoms with E-state index in [0.29, 0.717) is 0 Å². The second kappa shape index (κ2) is 3.54. The van der Waals surface area contributed by atoms with Gasteiger partial charge in [0, 0.05) is 0 Å². The van der Waals surface area contributed by atoms with Crippen LogP contribution in [0.2, 0.25) is 0 Å². The van der Waals surface area contributed by atoms with Gasteiger partial charge in [-0.15, -0.1) is 0 Å². The molecule has 0 fully saturated rings. The molecule has 0 rings (SSSR count). The zero-order valence-corrected chi connectivity index (χ0v) is 10.1. The summed E-state index contributed by atoms with van der Waals surface area (Å²) in [4.78, 5) is 0. The van der Waals surface area contributed by atoms with Gasteiger partial charge in [0.15, 0.2) is 0 Å². The van der Waals surface area contributed by atoms with Crippen molar-refractivity contribution < 1.29 is 0 Å². The monoisotopic (exact) mass is 226 g/mol. The van der Waals surface area contributed by atoms with E-state index in [1.54, 1.807) is 0 Å². The van der Waals surface area contributed by atoms with E-state index in [2.05, 4.69) is 42.4 Å². The van der Waals surface area contributed by atoms with Gasteiger partial charge in [-0.1, -0.05) is 0 Å². The molecule has 0 N–H and O–H groups in total. The average molecular weight is 227 g/mol. The van der Waals surface area contributed by atoms with Gasteiger partial charge in [-0.25, -0.2) is 0 Å². The molecule has 2 heteroatoms. The molecule has 0 saturated carbocycles. The van der Waals surface area contributed by atoms with Crippen molar-refractivity contribution in [2.75, 3.05) is 26.2 Å². The van der Waals surface area contributed by atoms with E-state index in [0.717, 1.165) is 0 Å². The van der Waals surface area contributed by atoms with Crippen LogP contribution in [0.4, 0.5) is 0 Å². The fraction of sp³-hybridized carbons (Fsp3) is 1.00. The van der Waals surface area contributed by atoms with E-state index >= 15 is 0 Å². The minimum atomic E-state index is -1.33. The molecule has 10 heavy (non-hydrogen) atoms. The predicted octanol–water partition coefficient (Wildman–Crippen LogP) is 3.93. The summed E-state index contributed by atoms with van der Waals surface area (Å²) in [5.74, 6) is 0. The number of halogens is 1. The molecule has 64 valence electrons. The Hall–Kier alpha value is 0.910. The van der Waals surface area contributed by atoms with Crippen molar-refractivity contribution in [1.29, 1.82) is 0 Å². The van der Waals surface area contributed by atoms with Crippen molar-refractivity contribution in [3.05, 3.63) is 0 Å². The van der Waals surface area contributed by atoms with Gasteiger partial charge in [0.2, 0.25) is 0 Å². The molecular formula is C8H20BrP. The van der Waals surface area contributed by atoms with Crippen LogP contribution in [0.1, 0.15) is 26.2 Å². The summed E-state index contributed by atoms with van der Waals surface area (Å²) in [5.41, 5.74) is 0. The number of hydrogen-bond donors (Lipinski definition) is 0. The first-order chi connectivity index (χ1) is 4.31. The summed E-state index contributed by atoms with van der Waals surface area (Å²) in [6.45, 7) is 9.38. The van der Waals surface area contributed by atoms with Crippen LogP contribution in [0.25, 0.3) is 0 Å². The Morgan fingerprint density at radius 3 is 1.90 bits per heavy atom. The molecule has 0 aliphatic heterocycles. The van der Waals surface area contributed by atoms with Crippen LogP contribution in [-0.4, -0.2) is 26.2 Å². The first kappa shape index (κ1) is 10.9. The summed E-state index contributed by atoms with van der Waals surface area (Å²) in [6, 6.07) is 0. The van der Waals surface area contributed by atoms with Gasteiger partial charge in [0.05, 0.1) is 0 Å². The van der Waals surface area contributed by atoms with Gasteiger partial charge in [-0.05, 0) is 0 Å². The zero-order valence-electron chi connectivity index (χ0n) is 7.65. The van der Waals surface area contributed by atoms with Gasteiger partial charge < -0.3 is 0 Å². The molecule has 0 aromatic carbocycles. The van der Waals surface area contributed by atoms with Crippen LogP contribution < -0.4 is 0 Å². The van der Waals surface area contributed by atoms with E-state index in [4.69, 9.17) is 0 Å². The Balaban J connectivity index is 3.49. The molecule has 0 spiro atoms. The van der Waals surface area contributed by atoms with Crippen molar-refractivity contribution in [2.24, 2.45) is 0 Å². The third-order valence-corrected chi connectivity index (χ3v) is 4.41. The molecule has 0 heterocycles. The first-order valence-corrected chi connectivity index (χ1v) is 9.82. The third kappa shape index (κ3) is 8.91. The normalized spacial score (nSPS) is 16.3. The minimum absolute atomic E-state index is 1.33. The van der Waals surface area contributed by atoms with Crippen molar-refractivity contribution in [3.63, 3.8) is 0 Å². The summed E-state index contributed by atoms with van der Waals surface area (Å²) >= 11 is 3.84. The molecule has 0 atom stereocenters. The molecule has 0 radical (unpaired) electrons. The van der Waals surface area contributed by atoms with Gasteiger partial charge in [-0.3, -0.25) is 0 Å².